The zero-order valence-electron chi connectivity index (χ0n) is 13.5. The van der Waals surface area contributed by atoms with Gasteiger partial charge in [0.05, 0.1) is 5.69 Å². The molecule has 6 heteroatoms. The van der Waals surface area contributed by atoms with E-state index >= 15 is 0 Å². The first-order valence-electron chi connectivity index (χ1n) is 7.84. The van der Waals surface area contributed by atoms with Crippen LogP contribution in [0.25, 0.3) is 0 Å². The van der Waals surface area contributed by atoms with Crippen LogP contribution in [0.15, 0.2) is 42.5 Å². The summed E-state index contributed by atoms with van der Waals surface area (Å²) < 4.78 is 13.1. The highest BCUT2D eigenvalue weighted by Gasteiger charge is 2.23. The number of rotatable bonds is 4. The van der Waals surface area contributed by atoms with Gasteiger partial charge < -0.3 is 4.90 Å². The third-order valence-electron chi connectivity index (χ3n) is 4.26. The van der Waals surface area contributed by atoms with Crippen LogP contribution in [-0.4, -0.2) is 37.6 Å². The molecule has 0 radical (unpaired) electrons. The van der Waals surface area contributed by atoms with E-state index in [-0.39, 0.29) is 5.82 Å². The molecule has 126 valence electrons. The van der Waals surface area contributed by atoms with Crippen LogP contribution in [0.2, 0.25) is 5.02 Å². The predicted molar refractivity (Wildman–Crippen MR) is 94.9 cm³/mol. The minimum Gasteiger partial charge on any atom is -0.369 e. The van der Waals surface area contributed by atoms with Crippen molar-refractivity contribution in [2.45, 2.75) is 6.92 Å². The fourth-order valence-corrected chi connectivity index (χ4v) is 3.13. The quantitative estimate of drug-likeness (QED) is 0.792. The topological polar surface area (TPSA) is 26.8 Å². The minimum atomic E-state index is -0.314. The van der Waals surface area contributed by atoms with Gasteiger partial charge in [0.25, 0.3) is 0 Å². The molecule has 1 saturated heterocycles. The summed E-state index contributed by atoms with van der Waals surface area (Å²) in [4.78, 5) is 13.8. The van der Waals surface area contributed by atoms with Gasteiger partial charge in [-0.1, -0.05) is 17.7 Å². The van der Waals surface area contributed by atoms with Gasteiger partial charge in [-0.25, -0.2) is 14.4 Å². The maximum absolute atomic E-state index is 13.1. The Morgan fingerprint density at radius 2 is 1.75 bits per heavy atom. The molecule has 0 bridgehead atoms. The summed E-state index contributed by atoms with van der Waals surface area (Å²) in [6, 6.07) is 11.8. The highest BCUT2D eigenvalue weighted by Crippen LogP contribution is 2.26. The summed E-state index contributed by atoms with van der Waals surface area (Å²) in [6.45, 7) is 5.03. The number of hydrogen-bond acceptors (Lipinski definition) is 3. The molecule has 0 atom stereocenters. The summed E-state index contributed by atoms with van der Waals surface area (Å²) in [6.07, 6.45) is 0.771. The molecule has 1 amide bonds. The lowest BCUT2D eigenvalue weighted by Gasteiger charge is -2.40. The molecule has 0 spiro atoms. The van der Waals surface area contributed by atoms with Gasteiger partial charge in [0.1, 0.15) is 5.82 Å². The molecule has 1 aliphatic heterocycles. The van der Waals surface area contributed by atoms with E-state index in [1.54, 1.807) is 17.1 Å². The van der Waals surface area contributed by atoms with E-state index in [0.717, 1.165) is 30.2 Å². The number of halogens is 2. The van der Waals surface area contributed by atoms with Gasteiger partial charge in [-0.2, -0.15) is 0 Å². The number of carbonyl (C=O) groups is 1. The van der Waals surface area contributed by atoms with Gasteiger partial charge in [0, 0.05) is 36.9 Å². The molecule has 2 aromatic carbocycles. The van der Waals surface area contributed by atoms with Crippen molar-refractivity contribution in [3.05, 3.63) is 58.9 Å². The van der Waals surface area contributed by atoms with Crippen LogP contribution in [0, 0.1) is 12.7 Å². The van der Waals surface area contributed by atoms with E-state index in [0.29, 0.717) is 18.8 Å². The first-order valence-corrected chi connectivity index (χ1v) is 8.22. The van der Waals surface area contributed by atoms with E-state index in [4.69, 9.17) is 11.6 Å². The Kier molecular flexibility index (Phi) is 5.02. The number of aryl methyl sites for hydroxylation is 1. The summed E-state index contributed by atoms with van der Waals surface area (Å²) in [7, 11) is 0. The van der Waals surface area contributed by atoms with Crippen molar-refractivity contribution >= 4 is 29.4 Å². The van der Waals surface area contributed by atoms with Crippen molar-refractivity contribution in [2.24, 2.45) is 0 Å². The van der Waals surface area contributed by atoms with Crippen molar-refractivity contribution in [1.29, 1.82) is 0 Å². The Morgan fingerprint density at radius 1 is 1.08 bits per heavy atom. The van der Waals surface area contributed by atoms with Gasteiger partial charge in [0.15, 0.2) is 0 Å². The van der Waals surface area contributed by atoms with Crippen LogP contribution in [-0.2, 0) is 4.79 Å². The maximum Gasteiger partial charge on any atom is 0.228 e. The van der Waals surface area contributed by atoms with Crippen molar-refractivity contribution in [3.8, 4) is 0 Å². The summed E-state index contributed by atoms with van der Waals surface area (Å²) in [5, 5.41) is 4.23. The molecule has 1 heterocycles. The smallest absolute Gasteiger partial charge is 0.228 e. The van der Waals surface area contributed by atoms with E-state index in [1.165, 1.54) is 17.7 Å². The fourth-order valence-electron chi connectivity index (χ4n) is 2.96. The zero-order chi connectivity index (χ0) is 17.1. The first-order chi connectivity index (χ1) is 11.6. The van der Waals surface area contributed by atoms with Gasteiger partial charge in [-0.15, -0.1) is 0 Å². The van der Waals surface area contributed by atoms with E-state index in [9.17, 15) is 9.18 Å². The third-order valence-corrected chi connectivity index (χ3v) is 4.50. The molecule has 1 fully saturated rings. The number of piperazine rings is 1. The Hall–Kier alpha value is -2.11. The molecule has 24 heavy (non-hydrogen) atoms. The largest absolute Gasteiger partial charge is 0.369 e. The third kappa shape index (κ3) is 3.52. The monoisotopic (exact) mass is 347 g/mol. The van der Waals surface area contributed by atoms with Crippen molar-refractivity contribution in [1.82, 2.24) is 5.01 Å². The summed E-state index contributed by atoms with van der Waals surface area (Å²) in [5.74, 6) is -0.314. The number of carbonyl (C=O) groups excluding carboxylic acids is 1. The van der Waals surface area contributed by atoms with Gasteiger partial charge in [-0.3, -0.25) is 4.79 Å². The Morgan fingerprint density at radius 3 is 2.38 bits per heavy atom. The number of benzene rings is 2. The molecule has 2 aromatic rings. The van der Waals surface area contributed by atoms with Crippen LogP contribution < -0.4 is 9.91 Å². The Labute approximate surface area is 146 Å². The molecular formula is C18H19ClFN3O. The standard InChI is InChI=1S/C18H19ClFN3O/c1-14-2-3-15(19)12-18(14)21-8-10-22(11-9-21)23(13-24)17-6-4-16(20)5-7-17/h2-7,12-13H,8-11H2,1H3. The summed E-state index contributed by atoms with van der Waals surface area (Å²) >= 11 is 6.11. The molecule has 0 saturated carbocycles. The predicted octanol–water partition coefficient (Wildman–Crippen LogP) is 3.49. The molecule has 0 unspecified atom stereocenters. The molecule has 1 aliphatic rings. The molecule has 0 N–H and O–H groups in total. The Balaban J connectivity index is 1.70. The molecule has 0 aliphatic carbocycles. The number of hydrogen-bond donors (Lipinski definition) is 0. The molecular weight excluding hydrogens is 329 g/mol. The average molecular weight is 348 g/mol. The van der Waals surface area contributed by atoms with Crippen LogP contribution in [0.1, 0.15) is 5.56 Å². The van der Waals surface area contributed by atoms with Gasteiger partial charge in [0.2, 0.25) is 6.41 Å². The minimum absolute atomic E-state index is 0.314. The highest BCUT2D eigenvalue weighted by molar-refractivity contribution is 6.30. The van der Waals surface area contributed by atoms with Crippen molar-refractivity contribution < 1.29 is 9.18 Å². The maximum atomic E-state index is 13.1. The lowest BCUT2D eigenvalue weighted by molar-refractivity contribution is -0.110. The number of nitrogens with zero attached hydrogens (tertiary/aromatic N) is 3. The van der Waals surface area contributed by atoms with Crippen LogP contribution in [0.4, 0.5) is 15.8 Å². The lowest BCUT2D eigenvalue weighted by Crippen LogP contribution is -2.53. The second-order valence-electron chi connectivity index (χ2n) is 5.80. The normalized spacial score (nSPS) is 15.4. The summed E-state index contributed by atoms with van der Waals surface area (Å²) in [5.41, 5.74) is 2.97. The first kappa shape index (κ1) is 16.7. The molecule has 4 nitrogen and oxygen atoms in total. The van der Waals surface area contributed by atoms with Crippen molar-refractivity contribution in [3.63, 3.8) is 0 Å². The SMILES string of the molecule is Cc1ccc(Cl)cc1N1CCN(N(C=O)c2ccc(F)cc2)CC1. The number of anilines is 2. The number of hydrazine groups is 1. The van der Waals surface area contributed by atoms with Gasteiger partial charge >= 0.3 is 0 Å². The second kappa shape index (κ2) is 7.20. The second-order valence-corrected chi connectivity index (χ2v) is 6.23. The average Bonchev–Trinajstić information content (AvgIpc) is 2.60. The molecule has 0 aromatic heterocycles. The zero-order valence-corrected chi connectivity index (χ0v) is 14.2. The van der Waals surface area contributed by atoms with Crippen molar-refractivity contribution in [2.75, 3.05) is 36.1 Å². The van der Waals surface area contributed by atoms with Crippen LogP contribution in [0.3, 0.4) is 0 Å². The number of amides is 1. The highest BCUT2D eigenvalue weighted by atomic mass is 35.5. The fraction of sp³-hybridized carbons (Fsp3) is 0.278. The van der Waals surface area contributed by atoms with Crippen LogP contribution >= 0.6 is 11.6 Å². The van der Waals surface area contributed by atoms with E-state index in [2.05, 4.69) is 11.8 Å². The molecule has 3 rings (SSSR count). The lowest BCUT2D eigenvalue weighted by atomic mass is 10.1. The van der Waals surface area contributed by atoms with E-state index < -0.39 is 0 Å². The van der Waals surface area contributed by atoms with Gasteiger partial charge in [-0.05, 0) is 48.9 Å². The Bertz CT molecular complexity index is 715. The van der Waals surface area contributed by atoms with Crippen LogP contribution in [0.5, 0.6) is 0 Å². The van der Waals surface area contributed by atoms with E-state index in [1.807, 2.05) is 23.2 Å².